The molecule has 8 heteroatoms. The van der Waals surface area contributed by atoms with E-state index in [-0.39, 0.29) is 18.0 Å². The predicted octanol–water partition coefficient (Wildman–Crippen LogP) is 2.38. The third-order valence-electron chi connectivity index (χ3n) is 4.02. The Labute approximate surface area is 159 Å². The predicted molar refractivity (Wildman–Crippen MR) is 104 cm³/mol. The number of hydrogen-bond donors (Lipinski definition) is 1. The van der Waals surface area contributed by atoms with Crippen molar-refractivity contribution in [2.75, 3.05) is 33.5 Å². The van der Waals surface area contributed by atoms with E-state index in [9.17, 15) is 4.79 Å². The molecule has 0 saturated carbocycles. The molecule has 1 amide bonds. The van der Waals surface area contributed by atoms with E-state index < -0.39 is 0 Å². The van der Waals surface area contributed by atoms with Crippen molar-refractivity contribution in [3.05, 3.63) is 36.2 Å². The van der Waals surface area contributed by atoms with Gasteiger partial charge in [-0.15, -0.1) is 10.2 Å². The molecule has 26 heavy (non-hydrogen) atoms. The van der Waals surface area contributed by atoms with E-state index in [1.54, 1.807) is 13.4 Å². The number of rotatable bonds is 9. The first-order valence-corrected chi connectivity index (χ1v) is 9.50. The lowest BCUT2D eigenvalue weighted by atomic mass is 10.1. The summed E-state index contributed by atoms with van der Waals surface area (Å²) in [6.07, 6.45) is 1.69. The van der Waals surface area contributed by atoms with E-state index in [1.807, 2.05) is 42.9 Å². The smallest absolute Gasteiger partial charge is 0.230 e. The van der Waals surface area contributed by atoms with Gasteiger partial charge in [-0.3, -0.25) is 4.79 Å². The lowest BCUT2D eigenvalue weighted by molar-refractivity contribution is -0.118. The van der Waals surface area contributed by atoms with Gasteiger partial charge in [-0.05, 0) is 45.6 Å². The van der Waals surface area contributed by atoms with E-state index in [4.69, 9.17) is 4.74 Å². The number of benzene rings is 1. The van der Waals surface area contributed by atoms with Gasteiger partial charge in [0.1, 0.15) is 12.1 Å². The highest BCUT2D eigenvalue weighted by molar-refractivity contribution is 7.99. The van der Waals surface area contributed by atoms with E-state index in [2.05, 4.69) is 34.3 Å². The van der Waals surface area contributed by atoms with Crippen molar-refractivity contribution < 1.29 is 9.53 Å². The summed E-state index contributed by atoms with van der Waals surface area (Å²) in [6, 6.07) is 8.24. The van der Waals surface area contributed by atoms with Gasteiger partial charge in [-0.1, -0.05) is 23.9 Å². The van der Waals surface area contributed by atoms with Crippen molar-refractivity contribution in [1.29, 1.82) is 0 Å². The van der Waals surface area contributed by atoms with E-state index in [1.165, 1.54) is 11.8 Å². The Kier molecular flexibility index (Phi) is 7.47. The third-order valence-corrected chi connectivity index (χ3v) is 4.98. The Bertz CT molecular complexity index is 717. The molecule has 1 N–H and O–H groups in total. The number of thioether (sulfide) groups is 1. The molecule has 2 aromatic rings. The molecule has 1 unspecified atom stereocenters. The standard InChI is InChI=1S/C18H27N5O2S/c1-13(2)23-12-20-21-18(23)26-11-17(24)19-10-16(22(3)4)14-7-6-8-15(9-14)25-5/h6-9,12-13,16H,10-11H2,1-5H3,(H,19,24). The van der Waals surface area contributed by atoms with Gasteiger partial charge in [0, 0.05) is 12.6 Å². The van der Waals surface area contributed by atoms with Crippen molar-refractivity contribution in [2.45, 2.75) is 31.1 Å². The number of methoxy groups -OCH3 is 1. The number of carbonyl (C=O) groups excluding carboxylic acids is 1. The van der Waals surface area contributed by atoms with Crippen molar-refractivity contribution >= 4 is 17.7 Å². The number of likely N-dealkylation sites (N-methyl/N-ethyl adjacent to an activating group) is 1. The largest absolute Gasteiger partial charge is 0.497 e. The maximum Gasteiger partial charge on any atom is 0.230 e. The highest BCUT2D eigenvalue weighted by Gasteiger charge is 2.17. The van der Waals surface area contributed by atoms with Crippen LogP contribution in [0, 0.1) is 0 Å². The zero-order valence-corrected chi connectivity index (χ0v) is 16.8. The topological polar surface area (TPSA) is 72.3 Å². The second-order valence-corrected chi connectivity index (χ2v) is 7.41. The van der Waals surface area contributed by atoms with Gasteiger partial charge < -0.3 is 19.5 Å². The fourth-order valence-electron chi connectivity index (χ4n) is 2.53. The molecule has 1 atom stereocenters. The summed E-state index contributed by atoms with van der Waals surface area (Å²) < 4.78 is 7.25. The molecule has 2 rings (SSSR count). The molecule has 1 aromatic carbocycles. The first kappa shape index (κ1) is 20.3. The Morgan fingerprint density at radius 1 is 1.38 bits per heavy atom. The fraction of sp³-hybridized carbons (Fsp3) is 0.500. The number of nitrogens with zero attached hydrogens (tertiary/aromatic N) is 4. The molecule has 0 radical (unpaired) electrons. The number of carbonyl (C=O) groups is 1. The summed E-state index contributed by atoms with van der Waals surface area (Å²) in [6.45, 7) is 4.64. The summed E-state index contributed by atoms with van der Waals surface area (Å²) in [5.41, 5.74) is 1.10. The number of ether oxygens (including phenoxy) is 1. The Morgan fingerprint density at radius 3 is 2.81 bits per heavy atom. The molecule has 0 aliphatic carbocycles. The molecule has 1 aromatic heterocycles. The first-order chi connectivity index (χ1) is 12.4. The maximum atomic E-state index is 12.3. The Balaban J connectivity index is 1.92. The minimum atomic E-state index is -0.0250. The summed E-state index contributed by atoms with van der Waals surface area (Å²) in [5, 5.41) is 11.8. The Morgan fingerprint density at radius 2 is 2.15 bits per heavy atom. The van der Waals surface area contributed by atoms with Crippen LogP contribution in [0.3, 0.4) is 0 Å². The van der Waals surface area contributed by atoms with Crippen LogP contribution in [0.15, 0.2) is 35.7 Å². The highest BCUT2D eigenvalue weighted by atomic mass is 32.2. The zero-order valence-electron chi connectivity index (χ0n) is 16.0. The van der Waals surface area contributed by atoms with Gasteiger partial charge in [0.15, 0.2) is 5.16 Å². The van der Waals surface area contributed by atoms with Crippen molar-refractivity contribution in [3.63, 3.8) is 0 Å². The zero-order chi connectivity index (χ0) is 19.1. The third kappa shape index (κ3) is 5.47. The fourth-order valence-corrected chi connectivity index (χ4v) is 3.40. The number of hydrogen-bond acceptors (Lipinski definition) is 6. The molecule has 0 aliphatic rings. The normalized spacial score (nSPS) is 12.4. The van der Waals surface area contributed by atoms with Crippen LogP contribution in [0.2, 0.25) is 0 Å². The van der Waals surface area contributed by atoms with E-state index in [0.717, 1.165) is 16.5 Å². The van der Waals surface area contributed by atoms with E-state index in [0.29, 0.717) is 12.3 Å². The minimum absolute atomic E-state index is 0.0250. The summed E-state index contributed by atoms with van der Waals surface area (Å²) in [7, 11) is 5.64. The first-order valence-electron chi connectivity index (χ1n) is 8.51. The van der Waals surface area contributed by atoms with Crippen LogP contribution in [0.4, 0.5) is 0 Å². The molecule has 0 bridgehead atoms. The van der Waals surface area contributed by atoms with Crippen molar-refractivity contribution in [3.8, 4) is 5.75 Å². The average Bonchev–Trinajstić information content (AvgIpc) is 3.09. The monoisotopic (exact) mass is 377 g/mol. The second kappa shape index (κ2) is 9.59. The highest BCUT2D eigenvalue weighted by Crippen LogP contribution is 2.22. The van der Waals surface area contributed by atoms with Gasteiger partial charge in [0.25, 0.3) is 0 Å². The molecule has 7 nitrogen and oxygen atoms in total. The number of nitrogens with one attached hydrogen (secondary N) is 1. The molecular weight excluding hydrogens is 350 g/mol. The van der Waals surface area contributed by atoms with Gasteiger partial charge in [-0.25, -0.2) is 0 Å². The van der Waals surface area contributed by atoms with Crippen LogP contribution >= 0.6 is 11.8 Å². The van der Waals surface area contributed by atoms with Gasteiger partial charge in [-0.2, -0.15) is 0 Å². The molecule has 0 saturated heterocycles. The lowest BCUT2D eigenvalue weighted by Gasteiger charge is -2.25. The molecule has 1 heterocycles. The molecular formula is C18H27N5O2S. The van der Waals surface area contributed by atoms with Gasteiger partial charge in [0.2, 0.25) is 5.91 Å². The lowest BCUT2D eigenvalue weighted by Crippen LogP contribution is -2.35. The molecule has 142 valence electrons. The SMILES string of the molecule is COc1cccc(C(CNC(=O)CSc2nncn2C(C)C)N(C)C)c1. The number of amides is 1. The van der Waals surface area contributed by atoms with Gasteiger partial charge >= 0.3 is 0 Å². The summed E-state index contributed by atoms with van der Waals surface area (Å²) >= 11 is 1.40. The molecule has 0 aliphatic heterocycles. The quantitative estimate of drug-likeness (QED) is 0.677. The van der Waals surface area contributed by atoms with Crippen LogP contribution in [0.1, 0.15) is 31.5 Å². The average molecular weight is 378 g/mol. The molecule has 0 spiro atoms. The van der Waals surface area contributed by atoms with Crippen molar-refractivity contribution in [2.24, 2.45) is 0 Å². The van der Waals surface area contributed by atoms with E-state index >= 15 is 0 Å². The van der Waals surface area contributed by atoms with Crippen LogP contribution in [-0.2, 0) is 4.79 Å². The van der Waals surface area contributed by atoms with Crippen LogP contribution < -0.4 is 10.1 Å². The Hall–Kier alpha value is -2.06. The maximum absolute atomic E-state index is 12.3. The van der Waals surface area contributed by atoms with Crippen LogP contribution in [-0.4, -0.2) is 59.1 Å². The van der Waals surface area contributed by atoms with Crippen LogP contribution in [0.5, 0.6) is 5.75 Å². The van der Waals surface area contributed by atoms with Crippen LogP contribution in [0.25, 0.3) is 0 Å². The minimum Gasteiger partial charge on any atom is -0.497 e. The van der Waals surface area contributed by atoms with Gasteiger partial charge in [0.05, 0.1) is 18.9 Å². The molecule has 0 fully saturated rings. The second-order valence-electron chi connectivity index (χ2n) is 6.46. The summed E-state index contributed by atoms with van der Waals surface area (Å²) in [5.74, 6) is 1.09. The summed E-state index contributed by atoms with van der Waals surface area (Å²) in [4.78, 5) is 14.3. The van der Waals surface area contributed by atoms with Crippen molar-refractivity contribution in [1.82, 2.24) is 25.0 Å². The number of aromatic nitrogens is 3.